The molecular weight excluding hydrogens is 1070 g/mol. The Hall–Kier alpha value is -7.32. The first-order valence-corrected chi connectivity index (χ1v) is 25.6. The monoisotopic (exact) mass is 1130 g/mol. The van der Waals surface area contributed by atoms with Gasteiger partial charge in [-0.2, -0.15) is 16.8 Å². The lowest BCUT2D eigenvalue weighted by atomic mass is 9.96. The largest absolute Gasteiger partial charge is 0.494 e. The van der Waals surface area contributed by atoms with Crippen molar-refractivity contribution in [1.29, 1.82) is 0 Å². The second-order valence-corrected chi connectivity index (χ2v) is 19.3. The van der Waals surface area contributed by atoms with Crippen molar-refractivity contribution in [2.24, 2.45) is 22.1 Å². The van der Waals surface area contributed by atoms with E-state index in [0.717, 1.165) is 37.7 Å². The lowest BCUT2D eigenvalue weighted by molar-refractivity contribution is 0.0697. The second-order valence-electron chi connectivity index (χ2n) is 16.2. The third-order valence-electron chi connectivity index (χ3n) is 11.0. The minimum Gasteiger partial charge on any atom is -0.494 e. The van der Waals surface area contributed by atoms with Gasteiger partial charge in [0, 0.05) is 61.2 Å². The summed E-state index contributed by atoms with van der Waals surface area (Å²) in [6.07, 6.45) is 5.53. The number of rotatable bonds is 14. The van der Waals surface area contributed by atoms with Crippen LogP contribution in [0.2, 0.25) is 5.15 Å². The Morgan fingerprint density at radius 2 is 1.13 bits per heavy atom. The quantitative estimate of drug-likeness (QED) is 0.0439. The van der Waals surface area contributed by atoms with Gasteiger partial charge in [-0.15, -0.1) is 0 Å². The maximum atomic E-state index is 13.8. The SMILES string of the molecule is COc1cc(F)cc(C(=O)O)c1N.COc1cc(F)cc2c(=O)[nH]cnc12.COc1cc(F)cc2c(Cl)ncnc12.COc1cc(F)cc2c(N3CC(CCNS(N)(=O)=O)C3)ncnc12.NS(=O)(=O)NCCC1CNC1. The molecule has 3 aromatic heterocycles. The Balaban J connectivity index is 0.000000181. The number of nitrogens with two attached hydrogens (primary N) is 3. The highest BCUT2D eigenvalue weighted by Gasteiger charge is 2.29. The zero-order valence-corrected chi connectivity index (χ0v) is 43.2. The van der Waals surface area contributed by atoms with Gasteiger partial charge in [0.05, 0.1) is 51.4 Å². The van der Waals surface area contributed by atoms with E-state index in [2.05, 4.69) is 49.4 Å². The molecule has 2 aliphatic rings. The van der Waals surface area contributed by atoms with E-state index in [1.54, 1.807) is 0 Å². The van der Waals surface area contributed by atoms with Crippen LogP contribution in [0.3, 0.4) is 0 Å². The molecule has 0 aliphatic carbocycles. The molecule has 0 unspecified atom stereocenters. The molecule has 410 valence electrons. The van der Waals surface area contributed by atoms with Crippen LogP contribution < -0.4 is 60.2 Å². The van der Waals surface area contributed by atoms with Gasteiger partial charge in [0.2, 0.25) is 0 Å². The number of carboxylic acids is 1. The number of aromatic amines is 1. The van der Waals surface area contributed by atoms with Crippen LogP contribution in [0.1, 0.15) is 23.2 Å². The molecule has 24 nitrogen and oxygen atoms in total. The third-order valence-corrected chi connectivity index (χ3v) is 12.5. The van der Waals surface area contributed by atoms with Crippen molar-refractivity contribution in [1.82, 2.24) is 44.7 Å². The number of carbonyl (C=O) groups is 1. The van der Waals surface area contributed by atoms with Gasteiger partial charge in [-0.05, 0) is 62.0 Å². The van der Waals surface area contributed by atoms with Crippen molar-refractivity contribution in [3.05, 3.63) is 112 Å². The van der Waals surface area contributed by atoms with Crippen LogP contribution in [-0.2, 0) is 20.4 Å². The summed E-state index contributed by atoms with van der Waals surface area (Å²) in [5.74, 6) is -0.754. The lowest BCUT2D eigenvalue weighted by Gasteiger charge is -2.40. The first-order valence-electron chi connectivity index (χ1n) is 22.1. The van der Waals surface area contributed by atoms with Crippen LogP contribution in [0, 0.1) is 35.1 Å². The van der Waals surface area contributed by atoms with E-state index in [9.17, 15) is 44.0 Å². The van der Waals surface area contributed by atoms with Gasteiger partial charge >= 0.3 is 5.97 Å². The molecule has 2 aliphatic heterocycles. The molecule has 4 aromatic carbocycles. The zero-order valence-electron chi connectivity index (χ0n) is 40.8. The second kappa shape index (κ2) is 26.9. The number of methoxy groups -OCH3 is 4. The summed E-state index contributed by atoms with van der Waals surface area (Å²) in [5.41, 5.74) is 6.07. The number of hydrogen-bond acceptors (Lipinski definition) is 18. The number of benzene rings is 4. The lowest BCUT2D eigenvalue weighted by Crippen LogP contribution is -2.48. The summed E-state index contributed by atoms with van der Waals surface area (Å²) in [5, 5.41) is 22.8. The van der Waals surface area contributed by atoms with Crippen molar-refractivity contribution >= 4 is 82.2 Å². The fourth-order valence-electron chi connectivity index (χ4n) is 7.22. The number of aromatic carboxylic acids is 1. The molecular formula is C45H52ClF4N13O11S2. The first-order chi connectivity index (χ1) is 35.9. The van der Waals surface area contributed by atoms with Crippen molar-refractivity contribution in [3.63, 3.8) is 0 Å². The molecule has 5 heterocycles. The number of hydrogen-bond donors (Lipinski definition) is 8. The van der Waals surface area contributed by atoms with Gasteiger partial charge in [0.1, 0.15) is 86.4 Å². The number of aromatic nitrogens is 6. The van der Waals surface area contributed by atoms with E-state index in [-0.39, 0.29) is 38.8 Å². The van der Waals surface area contributed by atoms with Crippen molar-refractivity contribution < 1.29 is 63.2 Å². The number of fused-ring (bicyclic) bond motifs is 3. The van der Waals surface area contributed by atoms with Crippen LogP contribution in [0.4, 0.5) is 29.1 Å². The molecule has 0 saturated carbocycles. The molecule has 0 atom stereocenters. The molecule has 0 radical (unpaired) electrons. The van der Waals surface area contributed by atoms with Gasteiger partial charge in [0.25, 0.3) is 26.0 Å². The number of ether oxygens (including phenoxy) is 4. The average Bonchev–Trinajstić information content (AvgIpc) is 3.33. The number of carboxylic acid groups (broad SMARTS) is 1. The van der Waals surface area contributed by atoms with Gasteiger partial charge < -0.3 is 45.0 Å². The van der Waals surface area contributed by atoms with E-state index in [0.29, 0.717) is 89.1 Å². The minimum absolute atomic E-state index is 0.0254. The summed E-state index contributed by atoms with van der Waals surface area (Å²) < 4.78 is 119. The molecule has 2 fully saturated rings. The molecule has 0 amide bonds. The Bertz CT molecular complexity index is 3460. The smallest absolute Gasteiger partial charge is 0.338 e. The Labute approximate surface area is 436 Å². The molecule has 31 heteroatoms. The molecule has 9 rings (SSSR count). The molecule has 2 saturated heterocycles. The standard InChI is InChI=1S/C14H18FN5O3S.C9H6ClFN2O.C9H7FN2O2.C8H8FNO3.C5H13N3O2S/c1-23-12-5-10(15)4-11-13(12)17-8-18-14(11)20-6-9(7-20)2-3-19-24(16,21)22;1-14-7-3-5(11)2-6-8(7)12-4-13-9(6)10;1-14-7-3-5(10)2-6-8(7)11-4-12-9(6)13;1-13-6-3-4(9)2-5(7(6)10)8(11)12;6-11(9,10)8-2-1-5-3-7-4-5/h4-5,8-9,19H,2-3,6-7H2,1H3,(H2,16,21,22);2-4H,1H3;2-4H,1H3,(H,11,12,13);2-3H,10H2,1H3,(H,11,12);5,7-8H,1-4H2,(H2,6,9,10). The Morgan fingerprint density at radius 3 is 1.62 bits per heavy atom. The number of nitrogen functional groups attached to an aromatic ring is 1. The average molecular weight is 1130 g/mol. The molecule has 7 aromatic rings. The first kappa shape index (κ1) is 59.6. The molecule has 76 heavy (non-hydrogen) atoms. The topological polar surface area (TPSA) is 357 Å². The van der Waals surface area contributed by atoms with Crippen molar-refractivity contribution in [2.45, 2.75) is 12.8 Å². The summed E-state index contributed by atoms with van der Waals surface area (Å²) in [6, 6.07) is 9.41. The highest BCUT2D eigenvalue weighted by molar-refractivity contribution is 7.87. The predicted molar refractivity (Wildman–Crippen MR) is 274 cm³/mol. The molecule has 11 N–H and O–H groups in total. The Morgan fingerprint density at radius 1 is 0.684 bits per heavy atom. The fraction of sp³-hybridized carbons (Fsp3) is 0.311. The number of halogens is 5. The van der Waals surface area contributed by atoms with Gasteiger partial charge in [-0.25, -0.2) is 67.0 Å². The predicted octanol–water partition coefficient (Wildman–Crippen LogP) is 3.40. The van der Waals surface area contributed by atoms with E-state index in [4.69, 9.17) is 46.9 Å². The Kier molecular flexibility index (Phi) is 21.1. The fourth-order valence-corrected chi connectivity index (χ4v) is 8.21. The van der Waals surface area contributed by atoms with E-state index in [1.807, 2.05) is 4.90 Å². The van der Waals surface area contributed by atoms with E-state index < -0.39 is 49.7 Å². The summed E-state index contributed by atoms with van der Waals surface area (Å²) in [4.78, 5) is 46.2. The highest BCUT2D eigenvalue weighted by Crippen LogP contribution is 2.35. The maximum Gasteiger partial charge on any atom is 0.338 e. The summed E-state index contributed by atoms with van der Waals surface area (Å²) >= 11 is 5.78. The van der Waals surface area contributed by atoms with E-state index >= 15 is 0 Å². The van der Waals surface area contributed by atoms with Crippen LogP contribution in [-0.4, -0.2) is 126 Å². The number of H-pyrrole nitrogens is 1. The minimum atomic E-state index is -3.65. The summed E-state index contributed by atoms with van der Waals surface area (Å²) in [7, 11) is -1.52. The van der Waals surface area contributed by atoms with Crippen molar-refractivity contribution in [3.8, 4) is 23.0 Å². The van der Waals surface area contributed by atoms with Crippen LogP contribution >= 0.6 is 11.6 Å². The normalized spacial score (nSPS) is 13.3. The molecule has 0 bridgehead atoms. The third kappa shape index (κ3) is 16.8. The van der Waals surface area contributed by atoms with Crippen LogP contribution in [0.25, 0.3) is 32.7 Å². The number of anilines is 2. The zero-order chi connectivity index (χ0) is 55.9. The van der Waals surface area contributed by atoms with E-state index in [1.165, 1.54) is 77.8 Å². The van der Waals surface area contributed by atoms with Crippen LogP contribution in [0.15, 0.2) is 72.3 Å². The van der Waals surface area contributed by atoms with Gasteiger partial charge in [-0.1, -0.05) is 11.6 Å². The summed E-state index contributed by atoms with van der Waals surface area (Å²) in [6.45, 7) is 4.14. The maximum absolute atomic E-state index is 13.8. The number of nitrogens with one attached hydrogen (secondary N) is 4. The van der Waals surface area contributed by atoms with Gasteiger partial charge in [-0.3, -0.25) is 4.79 Å². The number of nitrogens with zero attached hydrogens (tertiary/aromatic N) is 6. The van der Waals surface area contributed by atoms with Crippen molar-refractivity contribution in [2.75, 3.05) is 78.3 Å². The van der Waals surface area contributed by atoms with Gasteiger partial charge in [0.15, 0.2) is 0 Å². The van der Waals surface area contributed by atoms with Crippen LogP contribution in [0.5, 0.6) is 23.0 Å². The highest BCUT2D eigenvalue weighted by atomic mass is 35.5. The molecule has 0 spiro atoms.